The van der Waals surface area contributed by atoms with Gasteiger partial charge in [-0.1, -0.05) is 33.3 Å². The SMILES string of the molecule is COc1ccccc1-c1nc(COC(=O)c2nnn(-c3ccc(Br)c(C)c3)c2C)c(C)o1. The number of nitrogens with zero attached hydrogens (tertiary/aromatic N) is 4. The van der Waals surface area contributed by atoms with E-state index >= 15 is 0 Å². The van der Waals surface area contributed by atoms with E-state index in [1.165, 1.54) is 0 Å². The van der Waals surface area contributed by atoms with E-state index in [1.807, 2.05) is 49.4 Å². The van der Waals surface area contributed by atoms with Crippen LogP contribution in [0.5, 0.6) is 5.75 Å². The molecule has 0 aliphatic heterocycles. The van der Waals surface area contributed by atoms with Gasteiger partial charge in [0.15, 0.2) is 5.69 Å². The normalized spacial score (nSPS) is 10.9. The van der Waals surface area contributed by atoms with Crippen molar-refractivity contribution in [1.82, 2.24) is 20.0 Å². The molecule has 0 unspecified atom stereocenters. The van der Waals surface area contributed by atoms with Crippen molar-refractivity contribution >= 4 is 21.9 Å². The molecule has 0 aliphatic carbocycles. The summed E-state index contributed by atoms with van der Waals surface area (Å²) < 4.78 is 19.2. The first-order valence-electron chi connectivity index (χ1n) is 9.84. The largest absolute Gasteiger partial charge is 0.496 e. The Labute approximate surface area is 193 Å². The van der Waals surface area contributed by atoms with Gasteiger partial charge in [-0.05, 0) is 56.7 Å². The van der Waals surface area contributed by atoms with Crippen LogP contribution in [-0.4, -0.2) is 33.1 Å². The van der Waals surface area contributed by atoms with E-state index in [0.717, 1.165) is 21.3 Å². The van der Waals surface area contributed by atoms with Gasteiger partial charge in [0, 0.05) is 4.47 Å². The molecule has 0 fully saturated rings. The van der Waals surface area contributed by atoms with E-state index in [4.69, 9.17) is 13.9 Å². The van der Waals surface area contributed by atoms with Crippen LogP contribution in [0.15, 0.2) is 51.4 Å². The van der Waals surface area contributed by atoms with Crippen LogP contribution in [0.25, 0.3) is 17.1 Å². The minimum absolute atomic E-state index is 0.0486. The van der Waals surface area contributed by atoms with Gasteiger partial charge in [-0.2, -0.15) is 0 Å². The molecule has 4 rings (SSSR count). The number of halogens is 1. The zero-order valence-corrected chi connectivity index (χ0v) is 19.6. The van der Waals surface area contributed by atoms with Gasteiger partial charge >= 0.3 is 5.97 Å². The number of aryl methyl sites for hydroxylation is 2. The lowest BCUT2D eigenvalue weighted by Gasteiger charge is -2.06. The maximum atomic E-state index is 12.7. The first-order chi connectivity index (χ1) is 15.4. The fraction of sp³-hybridized carbons (Fsp3) is 0.217. The van der Waals surface area contributed by atoms with Crippen LogP contribution in [-0.2, 0) is 11.3 Å². The molecule has 0 spiro atoms. The zero-order valence-electron chi connectivity index (χ0n) is 18.0. The summed E-state index contributed by atoms with van der Waals surface area (Å²) >= 11 is 3.48. The highest BCUT2D eigenvalue weighted by Gasteiger charge is 2.21. The molecule has 0 saturated carbocycles. The molecule has 2 aromatic heterocycles. The molecule has 8 nitrogen and oxygen atoms in total. The third-order valence-corrected chi connectivity index (χ3v) is 5.93. The smallest absolute Gasteiger partial charge is 0.361 e. The molecular weight excluding hydrogens is 476 g/mol. The number of ether oxygens (including phenoxy) is 2. The molecule has 0 aliphatic rings. The summed E-state index contributed by atoms with van der Waals surface area (Å²) in [5.41, 5.74) is 3.84. The lowest BCUT2D eigenvalue weighted by molar-refractivity contribution is 0.0459. The molecule has 2 heterocycles. The molecule has 0 saturated heterocycles. The van der Waals surface area contributed by atoms with Crippen LogP contribution < -0.4 is 4.74 Å². The van der Waals surface area contributed by atoms with Gasteiger partial charge < -0.3 is 13.9 Å². The van der Waals surface area contributed by atoms with Gasteiger partial charge in [0.2, 0.25) is 5.89 Å². The van der Waals surface area contributed by atoms with E-state index in [0.29, 0.717) is 28.8 Å². The molecule has 2 aromatic carbocycles. The lowest BCUT2D eigenvalue weighted by atomic mass is 10.2. The Hall–Kier alpha value is -3.46. The Balaban J connectivity index is 1.51. The van der Waals surface area contributed by atoms with E-state index in [9.17, 15) is 4.79 Å². The van der Waals surface area contributed by atoms with Crippen LogP contribution in [0.4, 0.5) is 0 Å². The number of para-hydroxylation sites is 1. The van der Waals surface area contributed by atoms with Crippen LogP contribution in [0.3, 0.4) is 0 Å². The second-order valence-corrected chi connectivity index (χ2v) is 8.02. The average molecular weight is 497 g/mol. The van der Waals surface area contributed by atoms with Gasteiger partial charge in [-0.15, -0.1) is 5.10 Å². The monoisotopic (exact) mass is 496 g/mol. The Morgan fingerprint density at radius 2 is 1.94 bits per heavy atom. The number of carbonyl (C=O) groups is 1. The number of carbonyl (C=O) groups excluding carboxylic acids is 1. The first kappa shape index (κ1) is 21.8. The molecule has 0 atom stereocenters. The summed E-state index contributed by atoms with van der Waals surface area (Å²) in [5, 5.41) is 8.14. The number of hydrogen-bond acceptors (Lipinski definition) is 7. The van der Waals surface area contributed by atoms with E-state index in [-0.39, 0.29) is 12.3 Å². The Kier molecular flexibility index (Phi) is 6.09. The van der Waals surface area contributed by atoms with Crippen LogP contribution >= 0.6 is 15.9 Å². The Morgan fingerprint density at radius 3 is 2.69 bits per heavy atom. The van der Waals surface area contributed by atoms with Gasteiger partial charge in [-0.3, -0.25) is 0 Å². The van der Waals surface area contributed by atoms with Gasteiger partial charge in [-0.25, -0.2) is 14.5 Å². The lowest BCUT2D eigenvalue weighted by Crippen LogP contribution is -2.09. The summed E-state index contributed by atoms with van der Waals surface area (Å²) in [5.74, 6) is 1.03. The molecule has 4 aromatic rings. The van der Waals surface area contributed by atoms with Crippen molar-refractivity contribution in [1.29, 1.82) is 0 Å². The van der Waals surface area contributed by atoms with E-state index < -0.39 is 5.97 Å². The molecule has 0 N–H and O–H groups in total. The van der Waals surface area contributed by atoms with Crippen LogP contribution in [0, 0.1) is 20.8 Å². The van der Waals surface area contributed by atoms with Crippen molar-refractivity contribution < 1.29 is 18.7 Å². The molecule has 32 heavy (non-hydrogen) atoms. The third-order valence-electron chi connectivity index (χ3n) is 5.04. The second-order valence-electron chi connectivity index (χ2n) is 7.17. The topological polar surface area (TPSA) is 92.3 Å². The number of oxazole rings is 1. The highest BCUT2D eigenvalue weighted by molar-refractivity contribution is 9.10. The van der Waals surface area contributed by atoms with Crippen molar-refractivity contribution in [2.45, 2.75) is 27.4 Å². The number of hydrogen-bond donors (Lipinski definition) is 0. The predicted molar refractivity (Wildman–Crippen MR) is 121 cm³/mol. The third kappa shape index (κ3) is 4.16. The quantitative estimate of drug-likeness (QED) is 0.347. The standard InChI is InChI=1S/C23H21BrN4O4/c1-13-11-16(9-10-18(13)24)28-14(2)21(26-27-28)23(29)31-12-19-15(3)32-22(25-19)17-7-5-6-8-20(17)30-4/h5-11H,12H2,1-4H3. The summed E-state index contributed by atoms with van der Waals surface area (Å²) in [6.07, 6.45) is 0. The molecular formula is C23H21BrN4O4. The summed E-state index contributed by atoms with van der Waals surface area (Å²) in [6.45, 7) is 5.48. The average Bonchev–Trinajstić information content (AvgIpc) is 3.36. The highest BCUT2D eigenvalue weighted by Crippen LogP contribution is 2.30. The van der Waals surface area contributed by atoms with Crippen LogP contribution in [0.1, 0.15) is 33.2 Å². The number of esters is 1. The molecule has 164 valence electrons. The molecule has 0 bridgehead atoms. The van der Waals surface area contributed by atoms with Crippen LogP contribution in [0.2, 0.25) is 0 Å². The minimum Gasteiger partial charge on any atom is -0.496 e. The van der Waals surface area contributed by atoms with Gasteiger partial charge in [0.25, 0.3) is 0 Å². The minimum atomic E-state index is -0.580. The Bertz CT molecular complexity index is 1300. The number of aromatic nitrogens is 4. The molecule has 0 radical (unpaired) electrons. The fourth-order valence-electron chi connectivity index (χ4n) is 3.22. The first-order valence-corrected chi connectivity index (χ1v) is 10.6. The zero-order chi connectivity index (χ0) is 22.8. The second kappa shape index (κ2) is 8.96. The van der Waals surface area contributed by atoms with Crippen molar-refractivity contribution in [3.63, 3.8) is 0 Å². The fourth-order valence-corrected chi connectivity index (χ4v) is 3.47. The maximum Gasteiger partial charge on any atom is 0.361 e. The van der Waals surface area contributed by atoms with Crippen molar-refractivity contribution in [2.75, 3.05) is 7.11 Å². The number of methoxy groups -OCH3 is 1. The van der Waals surface area contributed by atoms with Crippen molar-refractivity contribution in [3.05, 3.63) is 75.3 Å². The molecule has 9 heteroatoms. The predicted octanol–water partition coefficient (Wildman–Crippen LogP) is 4.98. The number of benzene rings is 2. The number of rotatable bonds is 6. The summed E-state index contributed by atoms with van der Waals surface area (Å²) in [4.78, 5) is 17.1. The maximum absolute atomic E-state index is 12.7. The van der Waals surface area contributed by atoms with Crippen molar-refractivity contribution in [2.24, 2.45) is 0 Å². The summed E-state index contributed by atoms with van der Waals surface area (Å²) in [7, 11) is 1.59. The van der Waals surface area contributed by atoms with Gasteiger partial charge in [0.1, 0.15) is 23.8 Å². The van der Waals surface area contributed by atoms with Gasteiger partial charge in [0.05, 0.1) is 24.1 Å². The summed E-state index contributed by atoms with van der Waals surface area (Å²) in [6, 6.07) is 13.2. The van der Waals surface area contributed by atoms with Crippen molar-refractivity contribution in [3.8, 4) is 22.9 Å². The van der Waals surface area contributed by atoms with E-state index in [2.05, 4.69) is 31.2 Å². The Morgan fingerprint density at radius 1 is 1.16 bits per heavy atom. The molecule has 0 amide bonds. The highest BCUT2D eigenvalue weighted by atomic mass is 79.9. The van der Waals surface area contributed by atoms with E-state index in [1.54, 1.807) is 25.6 Å².